The third-order valence-electron chi connectivity index (χ3n) is 1.45. The molecule has 0 aliphatic heterocycles. The minimum atomic E-state index is -0.153. The average molecular weight is 166 g/mol. The van der Waals surface area contributed by atoms with Crippen molar-refractivity contribution >= 4 is 5.84 Å². The average Bonchev–Trinajstić information content (AvgIpc) is 1.98. The third-order valence-corrected chi connectivity index (χ3v) is 1.45. The maximum absolute atomic E-state index is 11.3. The molecule has 0 spiro atoms. The summed E-state index contributed by atoms with van der Waals surface area (Å²) in [4.78, 5) is 15.1. The Morgan fingerprint density at radius 3 is 3.08 bits per heavy atom. The van der Waals surface area contributed by atoms with Gasteiger partial charge in [0, 0.05) is 25.2 Å². The number of hydrogen-bond donors (Lipinski definition) is 2. The van der Waals surface area contributed by atoms with Crippen molar-refractivity contribution in [2.24, 2.45) is 12.8 Å². The second-order valence-electron chi connectivity index (χ2n) is 2.54. The van der Waals surface area contributed by atoms with Gasteiger partial charge in [0.2, 0.25) is 0 Å². The maximum atomic E-state index is 11.3. The number of hydrogen-bond acceptors (Lipinski definition) is 3. The second-order valence-corrected chi connectivity index (χ2v) is 2.54. The molecule has 5 nitrogen and oxygen atoms in total. The number of amidine groups is 1. The van der Waals surface area contributed by atoms with Crippen LogP contribution >= 0.6 is 0 Å². The van der Waals surface area contributed by atoms with Crippen LogP contribution in [0.4, 0.5) is 0 Å². The molecule has 0 radical (unpaired) electrons. The van der Waals surface area contributed by atoms with Gasteiger partial charge < -0.3 is 10.3 Å². The van der Waals surface area contributed by atoms with Crippen molar-refractivity contribution in [1.29, 1.82) is 5.41 Å². The molecule has 5 heteroatoms. The standard InChI is InChI=1S/C7H10N4O/c1-11-4-10-3-5(7(11)12)2-6(8)9/h3-4H,2H2,1H3,(H3,8,9). The van der Waals surface area contributed by atoms with Gasteiger partial charge in [0.15, 0.2) is 0 Å². The van der Waals surface area contributed by atoms with Crippen LogP contribution in [0.2, 0.25) is 0 Å². The molecule has 1 rings (SSSR count). The molecular weight excluding hydrogens is 156 g/mol. The van der Waals surface area contributed by atoms with Crippen molar-refractivity contribution in [2.75, 3.05) is 0 Å². The summed E-state index contributed by atoms with van der Waals surface area (Å²) in [5.74, 6) is -0.0277. The topological polar surface area (TPSA) is 84.8 Å². The Bertz CT molecular complexity index is 355. The van der Waals surface area contributed by atoms with E-state index in [2.05, 4.69) is 4.98 Å². The minimum Gasteiger partial charge on any atom is -0.387 e. The van der Waals surface area contributed by atoms with Crippen LogP contribution in [0.3, 0.4) is 0 Å². The van der Waals surface area contributed by atoms with Crippen molar-refractivity contribution in [3.8, 4) is 0 Å². The molecule has 12 heavy (non-hydrogen) atoms. The molecule has 0 atom stereocenters. The quantitative estimate of drug-likeness (QED) is 0.448. The summed E-state index contributed by atoms with van der Waals surface area (Å²) >= 11 is 0. The van der Waals surface area contributed by atoms with E-state index in [4.69, 9.17) is 11.1 Å². The van der Waals surface area contributed by atoms with Gasteiger partial charge in [-0.2, -0.15) is 0 Å². The van der Waals surface area contributed by atoms with E-state index in [-0.39, 0.29) is 17.8 Å². The number of aryl methyl sites for hydroxylation is 1. The highest BCUT2D eigenvalue weighted by molar-refractivity contribution is 5.79. The highest BCUT2D eigenvalue weighted by Crippen LogP contribution is 1.87. The molecule has 0 fully saturated rings. The first-order chi connectivity index (χ1) is 5.61. The van der Waals surface area contributed by atoms with Crippen molar-refractivity contribution in [1.82, 2.24) is 9.55 Å². The Morgan fingerprint density at radius 1 is 1.83 bits per heavy atom. The molecule has 1 aromatic heterocycles. The smallest absolute Gasteiger partial charge is 0.256 e. The van der Waals surface area contributed by atoms with E-state index >= 15 is 0 Å². The molecule has 0 saturated heterocycles. The van der Waals surface area contributed by atoms with Crippen molar-refractivity contribution < 1.29 is 0 Å². The summed E-state index contributed by atoms with van der Waals surface area (Å²) in [5, 5.41) is 7.00. The second kappa shape index (κ2) is 3.17. The van der Waals surface area contributed by atoms with E-state index in [9.17, 15) is 4.79 Å². The summed E-state index contributed by atoms with van der Waals surface area (Å²) in [5.41, 5.74) is 5.45. The molecule has 1 aromatic rings. The van der Waals surface area contributed by atoms with Gasteiger partial charge in [0.25, 0.3) is 5.56 Å². The van der Waals surface area contributed by atoms with Crippen LogP contribution in [0, 0.1) is 5.41 Å². The van der Waals surface area contributed by atoms with Crippen LogP contribution in [-0.2, 0) is 13.5 Å². The van der Waals surface area contributed by atoms with Crippen LogP contribution in [0.1, 0.15) is 5.56 Å². The molecule has 0 aliphatic rings. The van der Waals surface area contributed by atoms with Gasteiger partial charge in [-0.25, -0.2) is 4.98 Å². The lowest BCUT2D eigenvalue weighted by atomic mass is 10.2. The van der Waals surface area contributed by atoms with Crippen LogP contribution in [-0.4, -0.2) is 15.4 Å². The number of nitrogens with one attached hydrogen (secondary N) is 1. The molecule has 1 heterocycles. The zero-order valence-electron chi connectivity index (χ0n) is 6.74. The van der Waals surface area contributed by atoms with Crippen molar-refractivity contribution in [2.45, 2.75) is 6.42 Å². The number of nitrogens with zero attached hydrogens (tertiary/aromatic N) is 2. The van der Waals surface area contributed by atoms with Gasteiger partial charge in [0.05, 0.1) is 12.2 Å². The Morgan fingerprint density at radius 2 is 2.50 bits per heavy atom. The summed E-state index contributed by atoms with van der Waals surface area (Å²) in [6, 6.07) is 0. The summed E-state index contributed by atoms with van der Waals surface area (Å²) < 4.78 is 1.36. The fourth-order valence-electron chi connectivity index (χ4n) is 0.884. The zero-order valence-corrected chi connectivity index (χ0v) is 6.74. The molecule has 0 amide bonds. The number of rotatable bonds is 2. The molecule has 0 saturated carbocycles. The van der Waals surface area contributed by atoms with Crippen LogP contribution in [0.5, 0.6) is 0 Å². The lowest BCUT2D eigenvalue weighted by molar-refractivity contribution is 0.806. The van der Waals surface area contributed by atoms with E-state index in [1.54, 1.807) is 7.05 Å². The minimum absolute atomic E-state index is 0.0277. The fourth-order valence-corrected chi connectivity index (χ4v) is 0.884. The van der Waals surface area contributed by atoms with Gasteiger partial charge in [-0.05, 0) is 0 Å². The fraction of sp³-hybridized carbons (Fsp3) is 0.286. The predicted molar refractivity (Wildman–Crippen MR) is 45.1 cm³/mol. The Hall–Kier alpha value is -1.65. The van der Waals surface area contributed by atoms with Crippen LogP contribution in [0.25, 0.3) is 0 Å². The normalized spacial score (nSPS) is 9.75. The van der Waals surface area contributed by atoms with Crippen LogP contribution < -0.4 is 11.3 Å². The third kappa shape index (κ3) is 1.69. The maximum Gasteiger partial charge on any atom is 0.256 e. The first-order valence-electron chi connectivity index (χ1n) is 3.43. The summed E-state index contributed by atoms with van der Waals surface area (Å²) in [7, 11) is 1.61. The highest BCUT2D eigenvalue weighted by atomic mass is 16.1. The Labute approximate surface area is 69.4 Å². The molecule has 0 bridgehead atoms. The number of aromatic nitrogens is 2. The molecule has 0 aliphatic carbocycles. The van der Waals surface area contributed by atoms with Crippen molar-refractivity contribution in [3.05, 3.63) is 28.4 Å². The molecule has 64 valence electrons. The van der Waals surface area contributed by atoms with E-state index < -0.39 is 0 Å². The van der Waals surface area contributed by atoms with Gasteiger partial charge in [0.1, 0.15) is 0 Å². The zero-order chi connectivity index (χ0) is 9.14. The van der Waals surface area contributed by atoms with Gasteiger partial charge in [-0.1, -0.05) is 0 Å². The van der Waals surface area contributed by atoms with E-state index in [0.29, 0.717) is 5.56 Å². The van der Waals surface area contributed by atoms with E-state index in [0.717, 1.165) is 0 Å². The summed E-state index contributed by atoms with van der Waals surface area (Å²) in [6.07, 6.45) is 3.02. The Balaban J connectivity index is 3.09. The van der Waals surface area contributed by atoms with Gasteiger partial charge in [-0.3, -0.25) is 10.2 Å². The Kier molecular flexibility index (Phi) is 2.23. The predicted octanol–water partition coefficient (Wildman–Crippen LogP) is -0.741. The first-order valence-corrected chi connectivity index (χ1v) is 3.43. The SMILES string of the molecule is Cn1cncc(CC(=N)N)c1=O. The molecule has 3 N–H and O–H groups in total. The van der Waals surface area contributed by atoms with Gasteiger partial charge >= 0.3 is 0 Å². The van der Waals surface area contributed by atoms with E-state index in [1.807, 2.05) is 0 Å². The number of nitrogens with two attached hydrogens (primary N) is 1. The lowest BCUT2D eigenvalue weighted by Gasteiger charge is -1.99. The van der Waals surface area contributed by atoms with Gasteiger partial charge in [-0.15, -0.1) is 0 Å². The largest absolute Gasteiger partial charge is 0.387 e. The van der Waals surface area contributed by atoms with Crippen LogP contribution in [0.15, 0.2) is 17.3 Å². The monoisotopic (exact) mass is 166 g/mol. The highest BCUT2D eigenvalue weighted by Gasteiger charge is 2.01. The van der Waals surface area contributed by atoms with Crippen molar-refractivity contribution in [3.63, 3.8) is 0 Å². The molecular formula is C7H10N4O. The van der Waals surface area contributed by atoms with E-state index in [1.165, 1.54) is 17.1 Å². The lowest BCUT2D eigenvalue weighted by Crippen LogP contribution is -2.25. The first kappa shape index (κ1) is 8.45. The molecule has 0 aromatic carbocycles. The summed E-state index contributed by atoms with van der Waals surface area (Å²) in [6.45, 7) is 0. The molecule has 0 unspecified atom stereocenters.